The topological polar surface area (TPSA) is 34.0 Å². The van der Waals surface area contributed by atoms with E-state index in [1.165, 1.54) is 0 Å². The first kappa shape index (κ1) is 7.86. The third-order valence-electron chi connectivity index (χ3n) is 1.89. The van der Waals surface area contributed by atoms with E-state index in [0.717, 1.165) is 0 Å². The maximum absolute atomic E-state index is 11.5. The summed E-state index contributed by atoms with van der Waals surface area (Å²) in [6.45, 7) is 0. The highest BCUT2D eigenvalue weighted by molar-refractivity contribution is 5.89. The van der Waals surface area contributed by atoms with Crippen LogP contribution in [0.3, 0.4) is 0 Å². The van der Waals surface area contributed by atoms with Crippen LogP contribution in [0.15, 0.2) is 48.8 Å². The van der Waals surface area contributed by atoms with Crippen molar-refractivity contribution in [3.63, 3.8) is 0 Å². The van der Waals surface area contributed by atoms with Crippen LogP contribution in [0, 0.1) is 5.92 Å². The van der Waals surface area contributed by atoms with Crippen molar-refractivity contribution < 1.29 is 4.79 Å². The van der Waals surface area contributed by atoms with Gasteiger partial charge in [0.2, 0.25) is 5.91 Å². The van der Waals surface area contributed by atoms with Gasteiger partial charge in [-0.2, -0.15) is 0 Å². The van der Waals surface area contributed by atoms with Gasteiger partial charge in [0, 0.05) is 12.4 Å². The van der Waals surface area contributed by atoms with Crippen molar-refractivity contribution in [1.29, 1.82) is 0 Å². The fraction of sp³-hybridized carbons (Fsp3) is 0.100. The zero-order chi connectivity index (χ0) is 9.10. The molecule has 13 heavy (non-hydrogen) atoms. The predicted molar refractivity (Wildman–Crippen MR) is 50.6 cm³/mol. The van der Waals surface area contributed by atoms with Gasteiger partial charge >= 0.3 is 0 Å². The van der Waals surface area contributed by atoms with E-state index in [9.17, 15) is 4.79 Å². The van der Waals surface area contributed by atoms with Gasteiger partial charge in [-0.05, 0) is 12.1 Å². The van der Waals surface area contributed by atoms with Gasteiger partial charge in [0.1, 0.15) is 0 Å². The van der Waals surface area contributed by atoms with Gasteiger partial charge < -0.3 is 0 Å². The molecule has 0 spiro atoms. The number of carbonyl (C=O) groups excluding carboxylic acids is 1. The Morgan fingerprint density at radius 2 is 1.77 bits per heavy atom. The highest BCUT2D eigenvalue weighted by Gasteiger charge is 2.13. The molecule has 0 atom stereocenters. The first-order valence-electron chi connectivity index (χ1n) is 4.15. The first-order chi connectivity index (χ1) is 6.36. The molecule has 1 heterocycles. The average molecular weight is 174 g/mol. The summed E-state index contributed by atoms with van der Waals surface area (Å²) in [7, 11) is 0. The molecular formula is C10H10N2O. The largest absolute Gasteiger partial charge is 0.272 e. The lowest BCUT2D eigenvalue weighted by Crippen LogP contribution is -2.26. The van der Waals surface area contributed by atoms with Crippen molar-refractivity contribution in [3.8, 4) is 0 Å². The van der Waals surface area contributed by atoms with Crippen LogP contribution >= 0.6 is 0 Å². The van der Waals surface area contributed by atoms with Crippen LogP contribution in [0.5, 0.6) is 0 Å². The standard InChI is InChI=1S/C10H10N2O/c13-10(9-5-1-2-6-9)11-12-7-3-4-8-12/h1-9H,(H,11,13). The van der Waals surface area contributed by atoms with Gasteiger partial charge in [0.05, 0.1) is 5.92 Å². The van der Waals surface area contributed by atoms with E-state index in [1.54, 1.807) is 17.1 Å². The molecule has 66 valence electrons. The van der Waals surface area contributed by atoms with E-state index < -0.39 is 0 Å². The zero-order valence-electron chi connectivity index (χ0n) is 7.05. The van der Waals surface area contributed by atoms with E-state index in [1.807, 2.05) is 36.4 Å². The third-order valence-corrected chi connectivity index (χ3v) is 1.89. The molecule has 1 aromatic rings. The number of aromatic nitrogens is 1. The molecule has 0 bridgehead atoms. The smallest absolute Gasteiger partial charge is 0.249 e. The summed E-state index contributed by atoms with van der Waals surface area (Å²) in [4.78, 5) is 11.5. The molecule has 1 aliphatic rings. The second-order valence-electron chi connectivity index (χ2n) is 2.86. The van der Waals surface area contributed by atoms with Crippen molar-refractivity contribution in [2.75, 3.05) is 5.43 Å². The molecule has 0 aliphatic heterocycles. The van der Waals surface area contributed by atoms with E-state index in [2.05, 4.69) is 5.43 Å². The van der Waals surface area contributed by atoms with Crippen LogP contribution in [-0.2, 0) is 4.79 Å². The molecule has 0 fully saturated rings. The second kappa shape index (κ2) is 3.31. The number of carbonyl (C=O) groups is 1. The molecule has 3 heteroatoms. The normalized spacial score (nSPS) is 15.1. The van der Waals surface area contributed by atoms with Crippen LogP contribution in [-0.4, -0.2) is 10.6 Å². The summed E-state index contributed by atoms with van der Waals surface area (Å²) in [6, 6.07) is 3.72. The molecule has 2 rings (SSSR count). The Morgan fingerprint density at radius 3 is 2.38 bits per heavy atom. The van der Waals surface area contributed by atoms with Crippen LogP contribution in [0.1, 0.15) is 0 Å². The summed E-state index contributed by atoms with van der Waals surface area (Å²) in [5, 5.41) is 0. The van der Waals surface area contributed by atoms with Crippen molar-refractivity contribution in [2.45, 2.75) is 0 Å². The monoisotopic (exact) mass is 174 g/mol. The Hall–Kier alpha value is -1.77. The second-order valence-corrected chi connectivity index (χ2v) is 2.86. The van der Waals surface area contributed by atoms with E-state index >= 15 is 0 Å². The van der Waals surface area contributed by atoms with Gasteiger partial charge in [-0.25, -0.2) is 0 Å². The van der Waals surface area contributed by atoms with Crippen molar-refractivity contribution in [1.82, 2.24) is 4.68 Å². The molecule has 0 aromatic carbocycles. The van der Waals surface area contributed by atoms with Gasteiger partial charge in [0.15, 0.2) is 0 Å². The molecule has 0 unspecified atom stereocenters. The minimum atomic E-state index is -0.123. The molecule has 3 nitrogen and oxygen atoms in total. The highest BCUT2D eigenvalue weighted by atomic mass is 16.2. The van der Waals surface area contributed by atoms with Gasteiger partial charge in [0.25, 0.3) is 0 Å². The maximum Gasteiger partial charge on any atom is 0.249 e. The average Bonchev–Trinajstić information content (AvgIpc) is 2.74. The summed E-state index contributed by atoms with van der Waals surface area (Å²) in [6.07, 6.45) is 11.1. The molecule has 0 radical (unpaired) electrons. The van der Waals surface area contributed by atoms with Crippen LogP contribution in [0.25, 0.3) is 0 Å². The summed E-state index contributed by atoms with van der Waals surface area (Å²) < 4.78 is 1.64. The number of nitrogens with one attached hydrogen (secondary N) is 1. The molecule has 1 aromatic heterocycles. The maximum atomic E-state index is 11.5. The van der Waals surface area contributed by atoms with E-state index in [4.69, 9.17) is 0 Å². The minimum Gasteiger partial charge on any atom is -0.272 e. The van der Waals surface area contributed by atoms with Gasteiger partial charge in [-0.15, -0.1) is 0 Å². The molecule has 0 saturated heterocycles. The number of amides is 1. The highest BCUT2D eigenvalue weighted by Crippen LogP contribution is 2.08. The Balaban J connectivity index is 1.99. The fourth-order valence-electron chi connectivity index (χ4n) is 1.22. The lowest BCUT2D eigenvalue weighted by molar-refractivity contribution is -0.118. The molecule has 1 amide bonds. The quantitative estimate of drug-likeness (QED) is 0.720. The lowest BCUT2D eigenvalue weighted by Gasteiger charge is -2.08. The van der Waals surface area contributed by atoms with Gasteiger partial charge in [-0.3, -0.25) is 14.9 Å². The summed E-state index contributed by atoms with van der Waals surface area (Å²) in [5.74, 6) is -0.136. The Morgan fingerprint density at radius 1 is 1.15 bits per heavy atom. The number of rotatable bonds is 2. The summed E-state index contributed by atoms with van der Waals surface area (Å²) >= 11 is 0. The Bertz CT molecular complexity index is 337. The third kappa shape index (κ3) is 1.69. The van der Waals surface area contributed by atoms with Crippen LogP contribution < -0.4 is 5.43 Å². The van der Waals surface area contributed by atoms with Gasteiger partial charge in [-0.1, -0.05) is 24.3 Å². The minimum absolute atomic E-state index is 0.0128. The van der Waals surface area contributed by atoms with Crippen molar-refractivity contribution in [3.05, 3.63) is 48.8 Å². The number of allylic oxidation sites excluding steroid dienone is 2. The van der Waals surface area contributed by atoms with E-state index in [-0.39, 0.29) is 11.8 Å². The molecule has 0 saturated carbocycles. The number of hydrogen-bond donors (Lipinski definition) is 1. The summed E-state index contributed by atoms with van der Waals surface area (Å²) in [5.41, 5.74) is 2.74. The van der Waals surface area contributed by atoms with E-state index in [0.29, 0.717) is 0 Å². The first-order valence-corrected chi connectivity index (χ1v) is 4.15. The van der Waals surface area contributed by atoms with Crippen LogP contribution in [0.4, 0.5) is 0 Å². The van der Waals surface area contributed by atoms with Crippen molar-refractivity contribution in [2.24, 2.45) is 5.92 Å². The zero-order valence-corrected chi connectivity index (χ0v) is 7.05. The molecular weight excluding hydrogens is 164 g/mol. The lowest BCUT2D eigenvalue weighted by atomic mass is 10.2. The molecule has 1 N–H and O–H groups in total. The van der Waals surface area contributed by atoms with Crippen molar-refractivity contribution >= 4 is 5.91 Å². The van der Waals surface area contributed by atoms with Crippen LogP contribution in [0.2, 0.25) is 0 Å². The number of nitrogens with zero attached hydrogens (tertiary/aromatic N) is 1. The number of hydrogen-bond acceptors (Lipinski definition) is 1. The Kier molecular flexibility index (Phi) is 2.00. The predicted octanol–water partition coefficient (Wildman–Crippen LogP) is 1.30. The fourth-order valence-corrected chi connectivity index (χ4v) is 1.22. The SMILES string of the molecule is O=C(Nn1cccc1)C1C=CC=C1. The Labute approximate surface area is 76.3 Å². The molecule has 1 aliphatic carbocycles.